The van der Waals surface area contributed by atoms with Crippen LogP contribution in [0.1, 0.15) is 25.3 Å². The van der Waals surface area contributed by atoms with Gasteiger partial charge in [-0.25, -0.2) is 0 Å². The van der Waals surface area contributed by atoms with E-state index in [1.54, 1.807) is 12.4 Å². The largest absolute Gasteiger partial charge is 0.342 e. The third-order valence-corrected chi connectivity index (χ3v) is 6.11. The number of aromatic nitrogens is 4. The van der Waals surface area contributed by atoms with Crippen molar-refractivity contribution >= 4 is 17.7 Å². The van der Waals surface area contributed by atoms with Gasteiger partial charge in [0.15, 0.2) is 11.0 Å². The summed E-state index contributed by atoms with van der Waals surface area (Å²) in [4.78, 5) is 18.9. The predicted octanol–water partition coefficient (Wildman–Crippen LogP) is 3.74. The molecule has 1 aromatic carbocycles. The maximum Gasteiger partial charge on any atom is 0.233 e. The highest BCUT2D eigenvalue weighted by atomic mass is 32.2. The maximum atomic E-state index is 12.7. The molecular formula is C22H25N5OS. The van der Waals surface area contributed by atoms with Gasteiger partial charge in [0.1, 0.15) is 0 Å². The van der Waals surface area contributed by atoms with E-state index in [9.17, 15) is 4.79 Å². The molecule has 0 bridgehead atoms. The molecule has 29 heavy (non-hydrogen) atoms. The Morgan fingerprint density at radius 1 is 1.17 bits per heavy atom. The van der Waals surface area contributed by atoms with Crippen molar-refractivity contribution in [3.05, 3.63) is 60.4 Å². The first-order chi connectivity index (χ1) is 14.2. The van der Waals surface area contributed by atoms with Gasteiger partial charge in [-0.1, -0.05) is 49.0 Å². The van der Waals surface area contributed by atoms with Gasteiger partial charge in [0.05, 0.1) is 12.3 Å². The van der Waals surface area contributed by atoms with Crippen molar-refractivity contribution < 1.29 is 4.79 Å². The van der Waals surface area contributed by atoms with E-state index in [4.69, 9.17) is 0 Å². The van der Waals surface area contributed by atoms with Crippen LogP contribution in [0, 0.1) is 5.92 Å². The molecule has 0 radical (unpaired) electrons. The Hall–Kier alpha value is -2.67. The molecule has 6 nitrogen and oxygen atoms in total. The summed E-state index contributed by atoms with van der Waals surface area (Å²) in [6.07, 6.45) is 5.83. The Morgan fingerprint density at radius 2 is 2.03 bits per heavy atom. The van der Waals surface area contributed by atoms with Gasteiger partial charge in [-0.3, -0.25) is 14.3 Å². The van der Waals surface area contributed by atoms with Gasteiger partial charge in [-0.2, -0.15) is 0 Å². The van der Waals surface area contributed by atoms with E-state index < -0.39 is 0 Å². The molecule has 2 aromatic heterocycles. The van der Waals surface area contributed by atoms with Gasteiger partial charge in [0.2, 0.25) is 5.91 Å². The van der Waals surface area contributed by atoms with Crippen molar-refractivity contribution in [1.29, 1.82) is 0 Å². The van der Waals surface area contributed by atoms with Gasteiger partial charge < -0.3 is 4.90 Å². The summed E-state index contributed by atoms with van der Waals surface area (Å²) in [5.41, 5.74) is 2.08. The second-order valence-corrected chi connectivity index (χ2v) is 8.44. The van der Waals surface area contributed by atoms with Gasteiger partial charge in [-0.05, 0) is 36.5 Å². The number of carbonyl (C=O) groups excluding carboxylic acids is 1. The van der Waals surface area contributed by atoms with E-state index in [-0.39, 0.29) is 5.91 Å². The number of benzene rings is 1. The molecule has 0 spiro atoms. The third kappa shape index (κ3) is 4.85. The molecule has 0 saturated carbocycles. The van der Waals surface area contributed by atoms with E-state index in [0.717, 1.165) is 41.6 Å². The lowest BCUT2D eigenvalue weighted by molar-refractivity contribution is -0.130. The quantitative estimate of drug-likeness (QED) is 0.583. The normalized spacial score (nSPS) is 16.7. The second-order valence-electron chi connectivity index (χ2n) is 7.50. The van der Waals surface area contributed by atoms with Crippen LogP contribution in [-0.2, 0) is 11.3 Å². The van der Waals surface area contributed by atoms with Crippen LogP contribution in [0.4, 0.5) is 0 Å². The Kier molecular flexibility index (Phi) is 6.24. The minimum Gasteiger partial charge on any atom is -0.342 e. The summed E-state index contributed by atoms with van der Waals surface area (Å²) in [7, 11) is 0. The number of amides is 1. The molecule has 1 aliphatic heterocycles. The molecule has 3 aromatic rings. The SMILES string of the molecule is C[C@@H]1CCCN(C(=O)CSc2nnc(-c3cccnc3)n2Cc2ccccc2)C1. The number of likely N-dealkylation sites (tertiary alicyclic amines) is 1. The van der Waals surface area contributed by atoms with Gasteiger partial charge >= 0.3 is 0 Å². The molecule has 7 heteroatoms. The first-order valence-corrected chi connectivity index (χ1v) is 11.0. The summed E-state index contributed by atoms with van der Waals surface area (Å²) in [5.74, 6) is 1.91. The standard InChI is InChI=1S/C22H25N5OS/c1-17-7-6-12-26(14-17)20(28)16-29-22-25-24-21(19-10-5-11-23-13-19)27(22)15-18-8-3-2-4-9-18/h2-5,8-11,13,17H,6-7,12,14-16H2,1H3/t17-/m1/s1. The highest BCUT2D eigenvalue weighted by molar-refractivity contribution is 7.99. The minimum absolute atomic E-state index is 0.179. The number of carbonyl (C=O) groups is 1. The molecule has 0 aliphatic carbocycles. The van der Waals surface area contributed by atoms with Crippen molar-refractivity contribution in [2.75, 3.05) is 18.8 Å². The van der Waals surface area contributed by atoms with Crippen LogP contribution in [0.2, 0.25) is 0 Å². The lowest BCUT2D eigenvalue weighted by Gasteiger charge is -2.30. The number of rotatable bonds is 6. The number of piperidine rings is 1. The summed E-state index contributed by atoms with van der Waals surface area (Å²) in [6, 6.07) is 14.1. The van der Waals surface area contributed by atoms with Crippen LogP contribution in [0.25, 0.3) is 11.4 Å². The molecule has 150 valence electrons. The minimum atomic E-state index is 0.179. The van der Waals surface area contributed by atoms with Crippen LogP contribution in [0.3, 0.4) is 0 Å². The number of hydrogen-bond donors (Lipinski definition) is 0. The number of pyridine rings is 1. The molecule has 3 heterocycles. The molecule has 4 rings (SSSR count). The fraction of sp³-hybridized carbons (Fsp3) is 0.364. The fourth-order valence-corrected chi connectivity index (χ4v) is 4.49. The highest BCUT2D eigenvalue weighted by Crippen LogP contribution is 2.25. The molecule has 0 N–H and O–H groups in total. The number of nitrogens with zero attached hydrogens (tertiary/aromatic N) is 5. The monoisotopic (exact) mass is 407 g/mol. The molecule has 1 fully saturated rings. The summed E-state index contributed by atoms with van der Waals surface area (Å²) < 4.78 is 2.07. The number of thioether (sulfide) groups is 1. The number of hydrogen-bond acceptors (Lipinski definition) is 5. The van der Waals surface area contributed by atoms with E-state index in [1.165, 1.54) is 18.2 Å². The Morgan fingerprint density at radius 3 is 2.79 bits per heavy atom. The lowest BCUT2D eigenvalue weighted by Crippen LogP contribution is -2.40. The molecule has 1 aliphatic rings. The van der Waals surface area contributed by atoms with Crippen molar-refractivity contribution in [2.45, 2.75) is 31.5 Å². The topological polar surface area (TPSA) is 63.9 Å². The van der Waals surface area contributed by atoms with Crippen molar-refractivity contribution in [3.63, 3.8) is 0 Å². The Bertz CT molecular complexity index is 944. The maximum absolute atomic E-state index is 12.7. The van der Waals surface area contributed by atoms with Gasteiger partial charge in [0.25, 0.3) is 0 Å². The van der Waals surface area contributed by atoms with Crippen molar-refractivity contribution in [1.82, 2.24) is 24.6 Å². The summed E-state index contributed by atoms with van der Waals surface area (Å²) >= 11 is 1.46. The Labute approximate surface area is 175 Å². The average Bonchev–Trinajstić information content (AvgIpc) is 3.15. The second kappa shape index (κ2) is 9.22. The van der Waals surface area contributed by atoms with E-state index in [0.29, 0.717) is 18.2 Å². The molecule has 1 saturated heterocycles. The zero-order valence-corrected chi connectivity index (χ0v) is 17.4. The van der Waals surface area contributed by atoms with Crippen LogP contribution in [-0.4, -0.2) is 49.4 Å². The molecule has 1 amide bonds. The lowest BCUT2D eigenvalue weighted by atomic mass is 10.0. The van der Waals surface area contributed by atoms with E-state index >= 15 is 0 Å². The summed E-state index contributed by atoms with van der Waals surface area (Å²) in [5, 5.41) is 9.57. The molecule has 1 atom stereocenters. The third-order valence-electron chi connectivity index (χ3n) is 5.15. The smallest absolute Gasteiger partial charge is 0.233 e. The zero-order valence-electron chi connectivity index (χ0n) is 16.6. The predicted molar refractivity (Wildman–Crippen MR) is 114 cm³/mol. The Balaban J connectivity index is 1.54. The highest BCUT2D eigenvalue weighted by Gasteiger charge is 2.22. The first kappa shape index (κ1) is 19.6. The van der Waals surface area contributed by atoms with E-state index in [2.05, 4.69) is 38.8 Å². The molecular weight excluding hydrogens is 382 g/mol. The molecule has 0 unspecified atom stereocenters. The van der Waals surface area contributed by atoms with Crippen LogP contribution < -0.4 is 0 Å². The van der Waals surface area contributed by atoms with Gasteiger partial charge in [0, 0.05) is 31.0 Å². The average molecular weight is 408 g/mol. The van der Waals surface area contributed by atoms with Crippen molar-refractivity contribution in [3.8, 4) is 11.4 Å². The van der Waals surface area contributed by atoms with Crippen molar-refractivity contribution in [2.24, 2.45) is 5.92 Å². The first-order valence-electron chi connectivity index (χ1n) is 9.99. The van der Waals surface area contributed by atoms with Crippen LogP contribution >= 0.6 is 11.8 Å². The fourth-order valence-electron chi connectivity index (χ4n) is 3.65. The van der Waals surface area contributed by atoms with Gasteiger partial charge in [-0.15, -0.1) is 10.2 Å². The van der Waals surface area contributed by atoms with Crippen LogP contribution in [0.15, 0.2) is 60.0 Å². The summed E-state index contributed by atoms with van der Waals surface area (Å²) in [6.45, 7) is 4.58. The van der Waals surface area contributed by atoms with Crippen LogP contribution in [0.5, 0.6) is 0 Å². The zero-order chi connectivity index (χ0) is 20.1. The van der Waals surface area contributed by atoms with E-state index in [1.807, 2.05) is 35.2 Å².